The molecule has 2 heterocycles. The molecule has 2 aliphatic heterocycles. The molecule has 0 spiro atoms. The van der Waals surface area contributed by atoms with E-state index in [0.29, 0.717) is 36.3 Å². The molecule has 3 rings (SSSR count). The van der Waals surface area contributed by atoms with Crippen LogP contribution in [0.4, 0.5) is 5.69 Å². The fourth-order valence-corrected chi connectivity index (χ4v) is 3.25. The number of unbranched alkanes of at least 4 members (excludes halogenated alkanes) is 2. The number of aliphatic imine (C=N–C) groups is 1. The predicted octanol–water partition coefficient (Wildman–Crippen LogP) is 1.01. The van der Waals surface area contributed by atoms with Gasteiger partial charge in [0.25, 0.3) is 0 Å². The standard InChI is InChI=1S/C18H23N3O6/c1-26-16-11-10-21-13(9-15(23)24)17(25)20-18(21)19-12(11)5-6-14(16)27-8-4-2-3-7-22/h5-6,13,22H,2-4,7-10H2,1H3,(H,23,24)(H,19,20,25). The van der Waals surface area contributed by atoms with Crippen LogP contribution in [0.25, 0.3) is 0 Å². The second-order valence-corrected chi connectivity index (χ2v) is 6.39. The van der Waals surface area contributed by atoms with Crippen LogP contribution >= 0.6 is 0 Å². The van der Waals surface area contributed by atoms with Gasteiger partial charge in [-0.3, -0.25) is 14.9 Å². The Morgan fingerprint density at radius 2 is 2.19 bits per heavy atom. The molecule has 0 saturated carbocycles. The zero-order valence-corrected chi connectivity index (χ0v) is 15.1. The summed E-state index contributed by atoms with van der Waals surface area (Å²) in [7, 11) is 1.54. The maximum atomic E-state index is 12.1. The average Bonchev–Trinajstić information content (AvgIpc) is 2.93. The minimum atomic E-state index is -1.05. The molecule has 1 atom stereocenters. The minimum Gasteiger partial charge on any atom is -0.492 e. The fourth-order valence-electron chi connectivity index (χ4n) is 3.25. The highest BCUT2D eigenvalue weighted by molar-refractivity contribution is 6.08. The number of methoxy groups -OCH3 is 1. The first-order valence-electron chi connectivity index (χ1n) is 8.86. The maximum absolute atomic E-state index is 12.1. The number of benzene rings is 1. The fraction of sp³-hybridized carbons (Fsp3) is 0.500. The Balaban J connectivity index is 1.80. The summed E-state index contributed by atoms with van der Waals surface area (Å²) in [6, 6.07) is 2.76. The van der Waals surface area contributed by atoms with E-state index in [2.05, 4.69) is 10.3 Å². The topological polar surface area (TPSA) is 121 Å². The number of carboxylic acids is 1. The van der Waals surface area contributed by atoms with Gasteiger partial charge >= 0.3 is 5.97 Å². The number of hydrogen-bond donors (Lipinski definition) is 3. The van der Waals surface area contributed by atoms with Crippen LogP contribution in [-0.2, 0) is 16.1 Å². The number of aliphatic carboxylic acids is 1. The smallest absolute Gasteiger partial charge is 0.305 e. The van der Waals surface area contributed by atoms with E-state index >= 15 is 0 Å². The largest absolute Gasteiger partial charge is 0.492 e. The summed E-state index contributed by atoms with van der Waals surface area (Å²) in [6.45, 7) is 0.966. The van der Waals surface area contributed by atoms with Crippen LogP contribution in [0.5, 0.6) is 11.5 Å². The Kier molecular flexibility index (Phi) is 5.80. The highest BCUT2D eigenvalue weighted by atomic mass is 16.5. The summed E-state index contributed by atoms with van der Waals surface area (Å²) in [5, 5.41) is 20.5. The van der Waals surface area contributed by atoms with Crippen molar-refractivity contribution in [2.75, 3.05) is 20.3 Å². The van der Waals surface area contributed by atoms with Crippen molar-refractivity contribution in [2.24, 2.45) is 4.99 Å². The lowest BCUT2D eigenvalue weighted by atomic mass is 10.1. The molecule has 0 bridgehead atoms. The monoisotopic (exact) mass is 377 g/mol. The lowest BCUT2D eigenvalue weighted by Gasteiger charge is -2.28. The molecule has 9 nitrogen and oxygen atoms in total. The van der Waals surface area contributed by atoms with Gasteiger partial charge in [0.2, 0.25) is 11.9 Å². The number of guanidine groups is 1. The second-order valence-electron chi connectivity index (χ2n) is 6.39. The lowest BCUT2D eigenvalue weighted by Crippen LogP contribution is -2.38. The van der Waals surface area contributed by atoms with Crippen LogP contribution < -0.4 is 14.8 Å². The number of hydrogen-bond acceptors (Lipinski definition) is 7. The molecule has 1 unspecified atom stereocenters. The van der Waals surface area contributed by atoms with E-state index in [1.54, 1.807) is 17.0 Å². The van der Waals surface area contributed by atoms with Crippen molar-refractivity contribution >= 4 is 23.5 Å². The third-order valence-electron chi connectivity index (χ3n) is 4.57. The highest BCUT2D eigenvalue weighted by Gasteiger charge is 2.41. The van der Waals surface area contributed by atoms with Gasteiger partial charge in [-0.05, 0) is 31.4 Å². The number of ether oxygens (including phenoxy) is 2. The van der Waals surface area contributed by atoms with Crippen molar-refractivity contribution in [3.63, 3.8) is 0 Å². The maximum Gasteiger partial charge on any atom is 0.305 e. The van der Waals surface area contributed by atoms with Crippen molar-refractivity contribution in [3.05, 3.63) is 17.7 Å². The van der Waals surface area contributed by atoms with Gasteiger partial charge in [0, 0.05) is 12.2 Å². The number of carbonyl (C=O) groups is 2. The van der Waals surface area contributed by atoms with Crippen LogP contribution in [0.15, 0.2) is 17.1 Å². The van der Waals surface area contributed by atoms with Gasteiger partial charge in [-0.1, -0.05) is 0 Å². The molecule has 1 aromatic rings. The number of carbonyl (C=O) groups excluding carboxylic acids is 1. The molecule has 2 aliphatic rings. The molecule has 0 aliphatic carbocycles. The van der Waals surface area contributed by atoms with Crippen LogP contribution in [0.1, 0.15) is 31.2 Å². The number of amides is 1. The van der Waals surface area contributed by atoms with E-state index in [1.165, 1.54) is 7.11 Å². The number of aliphatic hydroxyl groups excluding tert-OH is 1. The highest BCUT2D eigenvalue weighted by Crippen LogP contribution is 2.41. The minimum absolute atomic E-state index is 0.169. The number of nitrogens with zero attached hydrogens (tertiary/aromatic N) is 2. The SMILES string of the molecule is COc1c(OCCCCCO)ccc2c1CN1C(=N2)NC(=O)C1CC(=O)O. The lowest BCUT2D eigenvalue weighted by molar-refractivity contribution is -0.140. The van der Waals surface area contributed by atoms with Gasteiger partial charge in [0.15, 0.2) is 11.5 Å². The first-order valence-corrected chi connectivity index (χ1v) is 8.86. The molecular weight excluding hydrogens is 354 g/mol. The Hall–Kier alpha value is -2.81. The molecule has 1 saturated heterocycles. The first-order chi connectivity index (χ1) is 13.0. The molecule has 146 valence electrons. The van der Waals surface area contributed by atoms with Crippen molar-refractivity contribution in [2.45, 2.75) is 38.3 Å². The molecule has 3 N–H and O–H groups in total. The van der Waals surface area contributed by atoms with E-state index in [4.69, 9.17) is 19.7 Å². The van der Waals surface area contributed by atoms with E-state index in [9.17, 15) is 9.59 Å². The van der Waals surface area contributed by atoms with Gasteiger partial charge < -0.3 is 24.6 Å². The Bertz CT molecular complexity index is 764. The molecular formula is C18H23N3O6. The molecule has 1 amide bonds. The van der Waals surface area contributed by atoms with Crippen molar-refractivity contribution in [3.8, 4) is 11.5 Å². The third-order valence-corrected chi connectivity index (χ3v) is 4.57. The van der Waals surface area contributed by atoms with Gasteiger partial charge in [-0.2, -0.15) is 0 Å². The van der Waals surface area contributed by atoms with Crippen molar-refractivity contribution in [1.29, 1.82) is 0 Å². The molecule has 27 heavy (non-hydrogen) atoms. The average molecular weight is 377 g/mol. The molecule has 0 radical (unpaired) electrons. The molecule has 1 aromatic carbocycles. The number of fused-ring (bicyclic) bond motifs is 2. The number of nitrogens with one attached hydrogen (secondary N) is 1. The predicted molar refractivity (Wildman–Crippen MR) is 96.2 cm³/mol. The second kappa shape index (κ2) is 8.26. The number of carboxylic acid groups (broad SMARTS) is 1. The van der Waals surface area contributed by atoms with Crippen LogP contribution in [0.3, 0.4) is 0 Å². The summed E-state index contributed by atoms with van der Waals surface area (Å²) in [4.78, 5) is 29.3. The van der Waals surface area contributed by atoms with Crippen LogP contribution in [0.2, 0.25) is 0 Å². The molecule has 0 aromatic heterocycles. The molecule has 1 fully saturated rings. The summed E-state index contributed by atoms with van der Waals surface area (Å²) in [5.74, 6) is 0.0499. The van der Waals surface area contributed by atoms with E-state index in [0.717, 1.165) is 24.8 Å². The third kappa shape index (κ3) is 3.97. The van der Waals surface area contributed by atoms with E-state index in [1.807, 2.05) is 0 Å². The van der Waals surface area contributed by atoms with Gasteiger partial charge in [-0.15, -0.1) is 0 Å². The number of aliphatic hydroxyl groups is 1. The summed E-state index contributed by atoms with van der Waals surface area (Å²) in [5.41, 5.74) is 1.41. The van der Waals surface area contributed by atoms with Gasteiger partial charge in [0.1, 0.15) is 6.04 Å². The summed E-state index contributed by atoms with van der Waals surface area (Å²) < 4.78 is 11.3. The number of rotatable bonds is 9. The zero-order chi connectivity index (χ0) is 19.4. The summed E-state index contributed by atoms with van der Waals surface area (Å²) in [6.07, 6.45) is 2.12. The van der Waals surface area contributed by atoms with Crippen LogP contribution in [-0.4, -0.2) is 59.3 Å². The van der Waals surface area contributed by atoms with E-state index in [-0.39, 0.29) is 18.9 Å². The molecule has 9 heteroatoms. The van der Waals surface area contributed by atoms with Crippen LogP contribution in [0, 0.1) is 0 Å². The van der Waals surface area contributed by atoms with E-state index < -0.39 is 12.0 Å². The Morgan fingerprint density at radius 3 is 2.89 bits per heavy atom. The normalized spacial score (nSPS) is 17.7. The Labute approximate surface area is 156 Å². The van der Waals surface area contributed by atoms with Crippen molar-refractivity contribution < 1.29 is 29.3 Å². The van der Waals surface area contributed by atoms with Crippen molar-refractivity contribution in [1.82, 2.24) is 10.2 Å². The van der Waals surface area contributed by atoms with Gasteiger partial charge in [-0.25, -0.2) is 4.99 Å². The first kappa shape index (κ1) is 19.0. The summed E-state index contributed by atoms with van der Waals surface area (Å²) >= 11 is 0. The quantitative estimate of drug-likeness (QED) is 0.549. The zero-order valence-electron chi connectivity index (χ0n) is 15.1. The Morgan fingerprint density at radius 1 is 1.37 bits per heavy atom. The van der Waals surface area contributed by atoms with Gasteiger partial charge in [0.05, 0.1) is 32.4 Å².